The van der Waals surface area contributed by atoms with Crippen molar-refractivity contribution in [3.63, 3.8) is 0 Å². The van der Waals surface area contributed by atoms with Gasteiger partial charge in [0.2, 0.25) is 0 Å². The van der Waals surface area contributed by atoms with Gasteiger partial charge in [-0.05, 0) is 12.3 Å². The lowest BCUT2D eigenvalue weighted by Crippen LogP contribution is -2.03. The number of hydrogen-bond acceptors (Lipinski definition) is 2. The Morgan fingerprint density at radius 1 is 0.706 bits per heavy atom. The van der Waals surface area contributed by atoms with Gasteiger partial charge in [-0.3, -0.25) is 0 Å². The fourth-order valence-electron chi connectivity index (χ4n) is 2.95. The predicted molar refractivity (Wildman–Crippen MR) is 74.2 cm³/mol. The molecule has 0 unspecified atom stereocenters. The van der Waals surface area contributed by atoms with E-state index in [1.165, 1.54) is 77.0 Å². The Bertz CT molecular complexity index is 168. The van der Waals surface area contributed by atoms with Gasteiger partial charge < -0.3 is 0 Å². The summed E-state index contributed by atoms with van der Waals surface area (Å²) in [6.45, 7) is 0.532. The third-order valence-corrected chi connectivity index (χ3v) is 4.10. The van der Waals surface area contributed by atoms with Crippen molar-refractivity contribution in [3.8, 4) is 0 Å². The van der Waals surface area contributed by atoms with Crippen molar-refractivity contribution < 1.29 is 0 Å². The maximum absolute atomic E-state index is 10.2. The SMILES string of the molecule is O=NCCC1CCCCCCCCCCCC1. The van der Waals surface area contributed by atoms with Crippen molar-refractivity contribution in [2.45, 2.75) is 83.5 Å². The first-order chi connectivity index (χ1) is 8.43. The summed E-state index contributed by atoms with van der Waals surface area (Å²) in [4.78, 5) is 10.2. The standard InChI is InChI=1S/C15H29NO/c17-16-14-13-15-11-9-7-5-3-1-2-4-6-8-10-12-15/h15H,1-14H2. The molecule has 0 aromatic carbocycles. The summed E-state index contributed by atoms with van der Waals surface area (Å²) in [6, 6.07) is 0. The Morgan fingerprint density at radius 2 is 1.12 bits per heavy atom. The van der Waals surface area contributed by atoms with Crippen LogP contribution in [-0.2, 0) is 0 Å². The summed E-state index contributed by atoms with van der Waals surface area (Å²) < 4.78 is 0. The highest BCUT2D eigenvalue weighted by Gasteiger charge is 2.09. The molecule has 0 aliphatic heterocycles. The highest BCUT2D eigenvalue weighted by molar-refractivity contribution is 4.63. The first-order valence-corrected chi connectivity index (χ1v) is 7.72. The third kappa shape index (κ3) is 8.34. The van der Waals surface area contributed by atoms with E-state index in [0.717, 1.165) is 12.3 Å². The van der Waals surface area contributed by atoms with Gasteiger partial charge in [-0.15, -0.1) is 0 Å². The molecule has 0 saturated heterocycles. The molecular formula is C15H29NO. The molecule has 0 N–H and O–H groups in total. The zero-order valence-corrected chi connectivity index (χ0v) is 11.3. The fraction of sp³-hybridized carbons (Fsp3) is 1.00. The number of nitroso groups, excluding NO2 is 1. The summed E-state index contributed by atoms with van der Waals surface area (Å²) in [5.41, 5.74) is 0. The molecule has 0 atom stereocenters. The van der Waals surface area contributed by atoms with Crippen molar-refractivity contribution in [3.05, 3.63) is 4.91 Å². The molecule has 0 aromatic rings. The van der Waals surface area contributed by atoms with Crippen molar-refractivity contribution in [1.82, 2.24) is 0 Å². The first-order valence-electron chi connectivity index (χ1n) is 7.72. The van der Waals surface area contributed by atoms with Gasteiger partial charge in [-0.1, -0.05) is 82.2 Å². The van der Waals surface area contributed by atoms with Gasteiger partial charge in [-0.2, -0.15) is 4.91 Å². The molecule has 0 aromatic heterocycles. The molecule has 100 valence electrons. The summed E-state index contributed by atoms with van der Waals surface area (Å²) >= 11 is 0. The summed E-state index contributed by atoms with van der Waals surface area (Å²) in [7, 11) is 0. The second-order valence-corrected chi connectivity index (χ2v) is 5.62. The Kier molecular flexibility index (Phi) is 9.26. The van der Waals surface area contributed by atoms with Crippen LogP contribution in [0.5, 0.6) is 0 Å². The van der Waals surface area contributed by atoms with Gasteiger partial charge in [0.15, 0.2) is 0 Å². The normalized spacial score (nSPS) is 22.1. The number of rotatable bonds is 3. The molecular weight excluding hydrogens is 210 g/mol. The maximum atomic E-state index is 10.2. The van der Waals surface area contributed by atoms with Crippen LogP contribution in [0.3, 0.4) is 0 Å². The zero-order chi connectivity index (χ0) is 12.2. The van der Waals surface area contributed by atoms with Crippen molar-refractivity contribution in [2.24, 2.45) is 11.1 Å². The van der Waals surface area contributed by atoms with E-state index in [9.17, 15) is 4.91 Å². The topological polar surface area (TPSA) is 29.4 Å². The summed E-state index contributed by atoms with van der Waals surface area (Å²) in [6.07, 6.45) is 17.8. The van der Waals surface area contributed by atoms with Crippen molar-refractivity contribution in [2.75, 3.05) is 6.54 Å². The van der Waals surface area contributed by atoms with Gasteiger partial charge in [-0.25, -0.2) is 0 Å². The van der Waals surface area contributed by atoms with Crippen LogP contribution in [0.15, 0.2) is 5.18 Å². The molecule has 17 heavy (non-hydrogen) atoms. The van der Waals surface area contributed by atoms with Gasteiger partial charge >= 0.3 is 0 Å². The molecule has 0 heterocycles. The molecule has 1 saturated carbocycles. The fourth-order valence-corrected chi connectivity index (χ4v) is 2.95. The Hall–Kier alpha value is -0.400. The van der Waals surface area contributed by atoms with Crippen LogP contribution in [0.25, 0.3) is 0 Å². The molecule has 2 nitrogen and oxygen atoms in total. The molecule has 0 radical (unpaired) electrons. The molecule has 1 aliphatic rings. The smallest absolute Gasteiger partial charge is 0.0813 e. The lowest BCUT2D eigenvalue weighted by molar-refractivity contribution is 0.388. The monoisotopic (exact) mass is 239 g/mol. The Balaban J connectivity index is 2.23. The van der Waals surface area contributed by atoms with Crippen LogP contribution in [-0.4, -0.2) is 6.54 Å². The van der Waals surface area contributed by atoms with Crippen LogP contribution in [0.1, 0.15) is 83.5 Å². The van der Waals surface area contributed by atoms with E-state index in [1.807, 2.05) is 0 Å². The highest BCUT2D eigenvalue weighted by atomic mass is 16.3. The van der Waals surface area contributed by atoms with E-state index in [4.69, 9.17) is 0 Å². The molecule has 0 spiro atoms. The second kappa shape index (κ2) is 10.7. The summed E-state index contributed by atoms with van der Waals surface area (Å²) in [5, 5.41) is 3.02. The lowest BCUT2D eigenvalue weighted by Gasteiger charge is -2.14. The largest absolute Gasteiger partial charge is 0.151 e. The number of hydrogen-bond donors (Lipinski definition) is 0. The average Bonchev–Trinajstić information content (AvgIpc) is 2.37. The maximum Gasteiger partial charge on any atom is 0.0813 e. The van der Waals surface area contributed by atoms with E-state index in [0.29, 0.717) is 6.54 Å². The quantitative estimate of drug-likeness (QED) is 0.602. The molecule has 2 heteroatoms. The third-order valence-electron chi connectivity index (χ3n) is 4.10. The minimum Gasteiger partial charge on any atom is -0.151 e. The van der Waals surface area contributed by atoms with Gasteiger partial charge in [0.1, 0.15) is 0 Å². The van der Waals surface area contributed by atoms with E-state index < -0.39 is 0 Å². The van der Waals surface area contributed by atoms with Crippen LogP contribution in [0.2, 0.25) is 0 Å². The minimum absolute atomic E-state index is 0.532. The zero-order valence-electron chi connectivity index (χ0n) is 11.3. The van der Waals surface area contributed by atoms with E-state index >= 15 is 0 Å². The van der Waals surface area contributed by atoms with E-state index in [2.05, 4.69) is 5.18 Å². The molecule has 0 amide bonds. The van der Waals surface area contributed by atoms with Crippen LogP contribution < -0.4 is 0 Å². The highest BCUT2D eigenvalue weighted by Crippen LogP contribution is 2.23. The predicted octanol–water partition coefficient (Wildman–Crippen LogP) is 5.45. The second-order valence-electron chi connectivity index (χ2n) is 5.62. The lowest BCUT2D eigenvalue weighted by atomic mass is 9.92. The summed E-state index contributed by atoms with van der Waals surface area (Å²) in [5.74, 6) is 0.772. The van der Waals surface area contributed by atoms with Crippen LogP contribution in [0, 0.1) is 10.8 Å². The molecule has 1 rings (SSSR count). The number of nitrogens with zero attached hydrogens (tertiary/aromatic N) is 1. The molecule has 0 bridgehead atoms. The first kappa shape index (κ1) is 14.7. The Labute approximate surface area is 107 Å². The van der Waals surface area contributed by atoms with Crippen molar-refractivity contribution >= 4 is 0 Å². The van der Waals surface area contributed by atoms with Gasteiger partial charge in [0.25, 0.3) is 0 Å². The van der Waals surface area contributed by atoms with Crippen molar-refractivity contribution in [1.29, 1.82) is 0 Å². The van der Waals surface area contributed by atoms with Crippen LogP contribution in [0.4, 0.5) is 0 Å². The van der Waals surface area contributed by atoms with Crippen LogP contribution >= 0.6 is 0 Å². The Morgan fingerprint density at radius 3 is 1.53 bits per heavy atom. The van der Waals surface area contributed by atoms with Gasteiger partial charge in [0.05, 0.1) is 6.54 Å². The average molecular weight is 239 g/mol. The van der Waals surface area contributed by atoms with E-state index in [1.54, 1.807) is 0 Å². The van der Waals surface area contributed by atoms with E-state index in [-0.39, 0.29) is 0 Å². The molecule has 1 aliphatic carbocycles. The minimum atomic E-state index is 0.532. The van der Waals surface area contributed by atoms with Gasteiger partial charge in [0, 0.05) is 0 Å². The molecule has 1 fully saturated rings.